The van der Waals surface area contributed by atoms with Crippen molar-refractivity contribution < 1.29 is 33.3 Å². The van der Waals surface area contributed by atoms with Gasteiger partial charge in [0.25, 0.3) is 0 Å². The van der Waals surface area contributed by atoms with Crippen molar-refractivity contribution in [1.29, 1.82) is 0 Å². The highest BCUT2D eigenvalue weighted by Gasteiger charge is 2.49. The summed E-state index contributed by atoms with van der Waals surface area (Å²) < 4.78 is 31.1. The van der Waals surface area contributed by atoms with E-state index in [0.29, 0.717) is 43.3 Å². The number of carbonyl (C=O) groups excluding carboxylic acids is 1. The molecule has 0 atom stereocenters. The lowest BCUT2D eigenvalue weighted by atomic mass is 9.92. The number of carbonyl (C=O) groups is 2. The fourth-order valence-corrected chi connectivity index (χ4v) is 6.63. The number of hydrogen-bond donors (Lipinski definition) is 3. The highest BCUT2D eigenvalue weighted by Crippen LogP contribution is 2.43. The molecule has 47 heavy (non-hydrogen) atoms. The third kappa shape index (κ3) is 8.60. The van der Waals surface area contributed by atoms with E-state index in [1.807, 2.05) is 48.5 Å². The van der Waals surface area contributed by atoms with Crippen molar-refractivity contribution in [3.8, 4) is 22.6 Å². The number of piperidine rings is 1. The number of hydrogen-bond acceptors (Lipinski definition) is 7. The van der Waals surface area contributed by atoms with Crippen LogP contribution in [-0.4, -0.2) is 79.7 Å². The van der Waals surface area contributed by atoms with Gasteiger partial charge in [-0.3, -0.25) is 14.5 Å². The van der Waals surface area contributed by atoms with Gasteiger partial charge in [0, 0.05) is 45.3 Å². The number of rotatable bonds is 11. The molecule has 2 heterocycles. The zero-order valence-electron chi connectivity index (χ0n) is 27.8. The number of alkyl halides is 1. The van der Waals surface area contributed by atoms with E-state index in [1.54, 1.807) is 21.1 Å². The van der Waals surface area contributed by atoms with Gasteiger partial charge in [-0.1, -0.05) is 36.4 Å². The van der Waals surface area contributed by atoms with Gasteiger partial charge in [-0.05, 0) is 91.5 Å². The van der Waals surface area contributed by atoms with Crippen LogP contribution in [-0.2, 0) is 27.3 Å². The molecule has 9 nitrogen and oxygen atoms in total. The molecule has 0 spiro atoms. The van der Waals surface area contributed by atoms with E-state index in [0.717, 1.165) is 85.0 Å². The van der Waals surface area contributed by atoms with Crippen molar-refractivity contribution in [2.45, 2.75) is 82.1 Å². The number of likely N-dealkylation sites (tertiary alicyclic amines) is 1. The minimum atomic E-state index is -1.08. The summed E-state index contributed by atoms with van der Waals surface area (Å²) in [6.45, 7) is 5.43. The number of ether oxygens (including phenoxy) is 3. The van der Waals surface area contributed by atoms with Crippen molar-refractivity contribution in [3.63, 3.8) is 0 Å². The second-order valence-corrected chi connectivity index (χ2v) is 13.3. The number of fused-ring (bicyclic) bond motifs is 1. The lowest BCUT2D eigenvalue weighted by molar-refractivity contribution is -0.137. The van der Waals surface area contributed by atoms with E-state index in [-0.39, 0.29) is 17.9 Å². The smallest absolute Gasteiger partial charge is 0.303 e. The van der Waals surface area contributed by atoms with Crippen LogP contribution in [0.25, 0.3) is 21.9 Å². The van der Waals surface area contributed by atoms with Gasteiger partial charge in [0.1, 0.15) is 17.2 Å². The van der Waals surface area contributed by atoms with Gasteiger partial charge in [0.15, 0.2) is 0 Å². The second kappa shape index (κ2) is 15.0. The number of halogens is 1. The summed E-state index contributed by atoms with van der Waals surface area (Å²) in [6, 6.07) is 16.5. The Morgan fingerprint density at radius 3 is 2.19 bits per heavy atom. The molecule has 2 aliphatic heterocycles. The number of amides is 1. The van der Waals surface area contributed by atoms with Crippen molar-refractivity contribution in [2.24, 2.45) is 5.73 Å². The maximum atomic E-state index is 14.2. The van der Waals surface area contributed by atoms with Crippen LogP contribution < -0.4 is 20.5 Å². The van der Waals surface area contributed by atoms with Gasteiger partial charge >= 0.3 is 5.97 Å². The highest BCUT2D eigenvalue weighted by molar-refractivity contribution is 6.01. The van der Waals surface area contributed by atoms with Gasteiger partial charge < -0.3 is 30.4 Å². The minimum Gasteiger partial charge on any atom is -0.496 e. The normalized spacial score (nSPS) is 19.0. The molecule has 4 N–H and O–H groups in total. The fraction of sp³-hybridized carbons (Fsp3) is 0.514. The summed E-state index contributed by atoms with van der Waals surface area (Å²) in [6.07, 6.45) is 5.43. The number of primary amides is 1. The van der Waals surface area contributed by atoms with Crippen LogP contribution in [0.4, 0.5) is 4.39 Å². The summed E-state index contributed by atoms with van der Waals surface area (Å²) in [4.78, 5) is 24.5. The molecular formula is C37H48FN3O6. The third-order valence-corrected chi connectivity index (χ3v) is 9.68. The van der Waals surface area contributed by atoms with E-state index in [2.05, 4.69) is 10.2 Å². The molecule has 0 bridgehead atoms. The zero-order valence-corrected chi connectivity index (χ0v) is 27.8. The van der Waals surface area contributed by atoms with E-state index in [1.165, 1.54) is 0 Å². The molecule has 0 unspecified atom stereocenters. The summed E-state index contributed by atoms with van der Waals surface area (Å²) in [7, 11) is 3.31. The number of aliphatic carboxylic acids is 1. The van der Waals surface area contributed by atoms with Gasteiger partial charge in [0.2, 0.25) is 5.91 Å². The molecule has 6 rings (SSSR count). The summed E-state index contributed by atoms with van der Waals surface area (Å²) in [5.74, 6) is 0.422. The zero-order chi connectivity index (χ0) is 33.6. The maximum Gasteiger partial charge on any atom is 0.303 e. The average Bonchev–Trinajstić information content (AvgIpc) is 3.85. The van der Waals surface area contributed by atoms with Gasteiger partial charge in [0.05, 0.1) is 25.3 Å². The Morgan fingerprint density at radius 1 is 1.00 bits per heavy atom. The number of aryl methyl sites for hydroxylation is 1. The van der Waals surface area contributed by atoms with Crippen LogP contribution in [0.1, 0.15) is 63.0 Å². The Morgan fingerprint density at radius 2 is 1.62 bits per heavy atom. The lowest BCUT2D eigenvalue weighted by Gasteiger charge is -2.34. The van der Waals surface area contributed by atoms with Crippen LogP contribution in [0.15, 0.2) is 48.5 Å². The average molecular weight is 650 g/mol. The molecule has 10 heteroatoms. The van der Waals surface area contributed by atoms with Crippen molar-refractivity contribution >= 4 is 22.6 Å². The molecule has 3 aromatic rings. The molecule has 0 aromatic heterocycles. The molecule has 3 aliphatic rings. The maximum absolute atomic E-state index is 14.2. The van der Waals surface area contributed by atoms with Crippen LogP contribution in [0.3, 0.4) is 0 Å². The topological polar surface area (TPSA) is 123 Å². The van der Waals surface area contributed by atoms with E-state index in [4.69, 9.17) is 25.1 Å². The number of carboxylic acids is 1. The van der Waals surface area contributed by atoms with Crippen LogP contribution in [0.2, 0.25) is 0 Å². The predicted molar refractivity (Wildman–Crippen MR) is 181 cm³/mol. The first-order valence-corrected chi connectivity index (χ1v) is 16.6. The SMILES string of the molecule is COc1cc(CN2CCC(C)(F)CC2)cc(OC)c1-c1cccc2c(CCC(=O)O)cccc12.NC(=O)C1(NC2CCOCC2)CC1. The Hall–Kier alpha value is -3.73. The standard InChI is InChI=1S/C28H32FNO4.C9H16N2O2/c1-28(29)12-14-30(15-13-28)18-19-16-24(33-2)27(25(17-19)34-3)23-9-5-7-21-20(10-11-26(31)32)6-4-8-22(21)23;10-8(12)9(3-4-9)11-7-1-5-13-6-2-7/h4-9,16-17H,10-15,18H2,1-3H3,(H,31,32);7,11H,1-6H2,(H2,10,12). The highest BCUT2D eigenvalue weighted by atomic mass is 19.1. The lowest BCUT2D eigenvalue weighted by Crippen LogP contribution is -2.50. The van der Waals surface area contributed by atoms with E-state index < -0.39 is 11.6 Å². The fourth-order valence-electron chi connectivity index (χ4n) is 6.63. The van der Waals surface area contributed by atoms with Crippen LogP contribution >= 0.6 is 0 Å². The van der Waals surface area contributed by atoms with Crippen molar-refractivity contribution in [2.75, 3.05) is 40.5 Å². The number of methoxy groups -OCH3 is 2. The molecule has 1 amide bonds. The molecule has 0 radical (unpaired) electrons. The van der Waals surface area contributed by atoms with Crippen molar-refractivity contribution in [1.82, 2.24) is 10.2 Å². The Balaban J connectivity index is 0.000000277. The summed E-state index contributed by atoms with van der Waals surface area (Å²) >= 11 is 0. The number of nitrogens with one attached hydrogen (secondary N) is 1. The number of carboxylic acid groups (broad SMARTS) is 1. The molecule has 254 valence electrons. The minimum absolute atomic E-state index is 0.0860. The summed E-state index contributed by atoms with van der Waals surface area (Å²) in [5, 5.41) is 14.5. The Bertz CT molecular complexity index is 1530. The predicted octanol–water partition coefficient (Wildman–Crippen LogP) is 5.64. The molecule has 3 fully saturated rings. The van der Waals surface area contributed by atoms with Gasteiger partial charge in [-0.25, -0.2) is 4.39 Å². The Kier molecular flexibility index (Phi) is 11.0. The quantitative estimate of drug-likeness (QED) is 0.244. The van der Waals surface area contributed by atoms with Crippen molar-refractivity contribution in [3.05, 3.63) is 59.7 Å². The van der Waals surface area contributed by atoms with E-state index >= 15 is 0 Å². The summed E-state index contributed by atoms with van der Waals surface area (Å²) in [5.41, 5.74) is 7.78. The molecular weight excluding hydrogens is 601 g/mol. The third-order valence-electron chi connectivity index (χ3n) is 9.68. The largest absolute Gasteiger partial charge is 0.496 e. The molecule has 3 aromatic carbocycles. The van der Waals surface area contributed by atoms with Crippen LogP contribution in [0, 0.1) is 0 Å². The van der Waals surface area contributed by atoms with Gasteiger partial charge in [-0.15, -0.1) is 0 Å². The molecule has 1 saturated carbocycles. The number of benzene rings is 3. The Labute approximate surface area is 276 Å². The van der Waals surface area contributed by atoms with Gasteiger partial charge in [-0.2, -0.15) is 0 Å². The first kappa shape index (κ1) is 34.6. The molecule has 1 aliphatic carbocycles. The van der Waals surface area contributed by atoms with E-state index in [9.17, 15) is 14.0 Å². The first-order valence-electron chi connectivity index (χ1n) is 16.6. The second-order valence-electron chi connectivity index (χ2n) is 13.3. The monoisotopic (exact) mass is 649 g/mol. The van der Waals surface area contributed by atoms with Crippen LogP contribution in [0.5, 0.6) is 11.5 Å². The number of nitrogens with zero attached hydrogens (tertiary/aromatic N) is 1. The first-order chi connectivity index (χ1) is 22.5. The number of nitrogens with two attached hydrogens (primary N) is 1. The molecule has 2 saturated heterocycles.